The van der Waals surface area contributed by atoms with Crippen LogP contribution in [0.15, 0.2) is 12.1 Å². The van der Waals surface area contributed by atoms with Gasteiger partial charge in [-0.05, 0) is 42.0 Å². The van der Waals surface area contributed by atoms with E-state index < -0.39 is 0 Å². The molecule has 1 aromatic rings. The Bertz CT molecular complexity index is 650. The molecule has 0 aromatic heterocycles. The Labute approximate surface area is 136 Å². The van der Waals surface area contributed by atoms with E-state index in [1.807, 2.05) is 12.1 Å². The number of ketones is 1. The maximum absolute atomic E-state index is 12.5. The fourth-order valence-corrected chi connectivity index (χ4v) is 4.02. The van der Waals surface area contributed by atoms with Gasteiger partial charge in [0, 0.05) is 42.6 Å². The van der Waals surface area contributed by atoms with Crippen molar-refractivity contribution < 1.29 is 14.4 Å². The fourth-order valence-electron chi connectivity index (χ4n) is 4.02. The van der Waals surface area contributed by atoms with Crippen LogP contribution >= 0.6 is 0 Å². The van der Waals surface area contributed by atoms with Gasteiger partial charge in [-0.2, -0.15) is 0 Å². The summed E-state index contributed by atoms with van der Waals surface area (Å²) in [6.07, 6.45) is 3.80. The molecule has 4 nitrogen and oxygen atoms in total. The predicted molar refractivity (Wildman–Crippen MR) is 87.8 cm³/mol. The van der Waals surface area contributed by atoms with E-state index in [-0.39, 0.29) is 12.0 Å². The van der Waals surface area contributed by atoms with Gasteiger partial charge in [-0.1, -0.05) is 13.8 Å². The lowest BCUT2D eigenvalue weighted by Gasteiger charge is -2.43. The van der Waals surface area contributed by atoms with Crippen molar-refractivity contribution in [1.82, 2.24) is 4.90 Å². The van der Waals surface area contributed by atoms with E-state index >= 15 is 0 Å². The Kier molecular flexibility index (Phi) is 4.44. The number of hydrogen-bond donors (Lipinski definition) is 0. The van der Waals surface area contributed by atoms with Gasteiger partial charge in [-0.3, -0.25) is 19.3 Å². The van der Waals surface area contributed by atoms with Crippen LogP contribution in [0.3, 0.4) is 0 Å². The SMILES string of the molecule is CC(C)C[C@H]1CN2CCc3cc(C=O)c(C=O)cc3[C@H]2CC1=O. The average molecular weight is 313 g/mol. The van der Waals surface area contributed by atoms with Crippen molar-refractivity contribution in [3.63, 3.8) is 0 Å². The number of nitrogens with zero attached hydrogens (tertiary/aromatic N) is 1. The number of aldehydes is 2. The lowest BCUT2D eigenvalue weighted by Crippen LogP contribution is -2.46. The number of carbonyl (C=O) groups is 3. The van der Waals surface area contributed by atoms with Crippen LogP contribution in [0.25, 0.3) is 0 Å². The third kappa shape index (κ3) is 3.00. The minimum Gasteiger partial charge on any atom is -0.299 e. The Morgan fingerprint density at radius 1 is 1.22 bits per heavy atom. The smallest absolute Gasteiger partial charge is 0.150 e. The van der Waals surface area contributed by atoms with Gasteiger partial charge in [0.2, 0.25) is 0 Å². The quantitative estimate of drug-likeness (QED) is 0.802. The third-order valence-corrected chi connectivity index (χ3v) is 5.13. The first-order chi connectivity index (χ1) is 11.0. The second kappa shape index (κ2) is 6.36. The van der Waals surface area contributed by atoms with Gasteiger partial charge >= 0.3 is 0 Å². The summed E-state index contributed by atoms with van der Waals surface area (Å²) in [6, 6.07) is 3.71. The molecule has 1 aromatic carbocycles. The first-order valence-corrected chi connectivity index (χ1v) is 8.37. The molecule has 0 spiro atoms. The maximum atomic E-state index is 12.5. The highest BCUT2D eigenvalue weighted by atomic mass is 16.1. The summed E-state index contributed by atoms with van der Waals surface area (Å²) in [5, 5.41) is 0. The fraction of sp³-hybridized carbons (Fsp3) is 0.526. The third-order valence-electron chi connectivity index (χ3n) is 5.13. The highest BCUT2D eigenvalue weighted by Crippen LogP contribution is 2.39. The molecule has 2 heterocycles. The topological polar surface area (TPSA) is 54.5 Å². The normalized spacial score (nSPS) is 24.2. The van der Waals surface area contributed by atoms with Crippen molar-refractivity contribution in [3.8, 4) is 0 Å². The molecular weight excluding hydrogens is 290 g/mol. The summed E-state index contributed by atoms with van der Waals surface area (Å²) < 4.78 is 0. The van der Waals surface area contributed by atoms with Crippen molar-refractivity contribution in [3.05, 3.63) is 34.4 Å². The predicted octanol–water partition coefficient (Wildman–Crippen LogP) is 2.85. The Hall–Kier alpha value is -1.81. The van der Waals surface area contributed by atoms with Crippen LogP contribution in [0.4, 0.5) is 0 Å². The van der Waals surface area contributed by atoms with E-state index in [0.29, 0.717) is 29.2 Å². The van der Waals surface area contributed by atoms with Crippen molar-refractivity contribution in [2.24, 2.45) is 11.8 Å². The zero-order valence-electron chi connectivity index (χ0n) is 13.7. The molecule has 3 rings (SSSR count). The van der Waals surface area contributed by atoms with E-state index in [1.54, 1.807) is 0 Å². The molecule has 122 valence electrons. The lowest BCUT2D eigenvalue weighted by molar-refractivity contribution is -0.129. The molecule has 0 aliphatic carbocycles. The first kappa shape index (κ1) is 16.1. The number of hydrogen-bond acceptors (Lipinski definition) is 4. The van der Waals surface area contributed by atoms with Gasteiger partial charge in [0.25, 0.3) is 0 Å². The Morgan fingerprint density at radius 3 is 2.57 bits per heavy atom. The monoisotopic (exact) mass is 313 g/mol. The molecule has 23 heavy (non-hydrogen) atoms. The molecule has 4 heteroatoms. The van der Waals surface area contributed by atoms with E-state index in [1.165, 1.54) is 0 Å². The second-order valence-electron chi connectivity index (χ2n) is 7.17. The standard InChI is InChI=1S/C19H23NO3/c1-12(2)5-14-9-20-4-3-13-6-15(10-21)16(11-22)7-17(13)18(20)8-19(14)23/h6-7,10-12,14,18H,3-5,8-9H2,1-2H3/t14-,18+/m0/s1. The molecule has 0 saturated carbocycles. The number of fused-ring (bicyclic) bond motifs is 3. The summed E-state index contributed by atoms with van der Waals surface area (Å²) in [5.74, 6) is 0.988. The molecule has 0 bridgehead atoms. The van der Waals surface area contributed by atoms with Gasteiger partial charge in [-0.15, -0.1) is 0 Å². The van der Waals surface area contributed by atoms with Crippen LogP contribution < -0.4 is 0 Å². The summed E-state index contributed by atoms with van der Waals surface area (Å²) in [4.78, 5) is 37.3. The van der Waals surface area contributed by atoms with Gasteiger partial charge in [0.15, 0.2) is 12.6 Å². The molecule has 0 amide bonds. The van der Waals surface area contributed by atoms with E-state index in [2.05, 4.69) is 18.7 Å². The number of rotatable bonds is 4. The molecular formula is C19H23NO3. The van der Waals surface area contributed by atoms with E-state index in [4.69, 9.17) is 0 Å². The summed E-state index contributed by atoms with van der Waals surface area (Å²) in [5.41, 5.74) is 3.04. The highest BCUT2D eigenvalue weighted by molar-refractivity contribution is 5.91. The zero-order chi connectivity index (χ0) is 16.6. The van der Waals surface area contributed by atoms with Crippen molar-refractivity contribution in [2.75, 3.05) is 13.1 Å². The van der Waals surface area contributed by atoms with Crippen molar-refractivity contribution in [1.29, 1.82) is 0 Å². The molecule has 0 N–H and O–H groups in total. The van der Waals surface area contributed by atoms with E-state index in [0.717, 1.165) is 49.6 Å². The zero-order valence-corrected chi connectivity index (χ0v) is 13.7. The summed E-state index contributed by atoms with van der Waals surface area (Å²) in [7, 11) is 0. The molecule has 2 atom stereocenters. The Morgan fingerprint density at radius 2 is 1.91 bits per heavy atom. The molecule has 2 aliphatic heterocycles. The maximum Gasteiger partial charge on any atom is 0.150 e. The molecule has 1 saturated heterocycles. The van der Waals surface area contributed by atoms with Gasteiger partial charge in [0.1, 0.15) is 5.78 Å². The number of piperidine rings is 1. The largest absolute Gasteiger partial charge is 0.299 e. The summed E-state index contributed by atoms with van der Waals surface area (Å²) in [6.45, 7) is 6.04. The second-order valence-corrected chi connectivity index (χ2v) is 7.17. The van der Waals surface area contributed by atoms with Gasteiger partial charge < -0.3 is 0 Å². The minimum atomic E-state index is 0.0639. The Balaban J connectivity index is 1.91. The van der Waals surface area contributed by atoms with Crippen LogP contribution in [0, 0.1) is 11.8 Å². The van der Waals surface area contributed by atoms with Crippen LogP contribution in [-0.2, 0) is 11.2 Å². The highest BCUT2D eigenvalue weighted by Gasteiger charge is 2.38. The number of benzene rings is 1. The molecule has 1 fully saturated rings. The van der Waals surface area contributed by atoms with Crippen molar-refractivity contribution in [2.45, 2.75) is 39.2 Å². The van der Waals surface area contributed by atoms with Gasteiger partial charge in [-0.25, -0.2) is 0 Å². The minimum absolute atomic E-state index is 0.0639. The first-order valence-electron chi connectivity index (χ1n) is 8.37. The van der Waals surface area contributed by atoms with E-state index in [9.17, 15) is 14.4 Å². The van der Waals surface area contributed by atoms with Gasteiger partial charge in [0.05, 0.1) is 0 Å². The average Bonchev–Trinajstić information content (AvgIpc) is 2.53. The molecule has 2 aliphatic rings. The number of carbonyl (C=O) groups excluding carboxylic acids is 3. The van der Waals surface area contributed by atoms with Crippen molar-refractivity contribution >= 4 is 18.4 Å². The molecule has 0 unspecified atom stereocenters. The van der Waals surface area contributed by atoms with Crippen LogP contribution in [0.2, 0.25) is 0 Å². The summed E-state index contributed by atoms with van der Waals surface area (Å²) >= 11 is 0. The van der Waals surface area contributed by atoms with Crippen LogP contribution in [0.1, 0.15) is 64.6 Å². The van der Waals surface area contributed by atoms with Crippen LogP contribution in [0.5, 0.6) is 0 Å². The lowest BCUT2D eigenvalue weighted by atomic mass is 9.79. The number of Topliss-reactive ketones (excluding diaryl/α,β-unsaturated/α-hetero) is 1. The van der Waals surface area contributed by atoms with Crippen LogP contribution in [-0.4, -0.2) is 36.3 Å². The molecule has 0 radical (unpaired) electrons.